The molecule has 2 fully saturated rings. The van der Waals surface area contributed by atoms with E-state index in [-0.39, 0.29) is 24.2 Å². The Kier molecular flexibility index (Phi) is 7.48. The fourth-order valence-electron chi connectivity index (χ4n) is 5.13. The largest absolute Gasteiger partial charge is 0.508 e. The molecular weight excluding hydrogens is 432 g/mol. The molecule has 8 heteroatoms. The molecule has 34 heavy (non-hydrogen) atoms. The van der Waals surface area contributed by atoms with Crippen molar-refractivity contribution in [2.75, 3.05) is 33.4 Å². The zero-order valence-electron chi connectivity index (χ0n) is 20.0. The van der Waals surface area contributed by atoms with E-state index in [1.54, 1.807) is 36.5 Å². The van der Waals surface area contributed by atoms with Crippen LogP contribution in [0.3, 0.4) is 0 Å². The maximum atomic E-state index is 13.6. The zero-order chi connectivity index (χ0) is 24.1. The van der Waals surface area contributed by atoms with Crippen LogP contribution in [-0.4, -0.2) is 81.7 Å². The summed E-state index contributed by atoms with van der Waals surface area (Å²) < 4.78 is 5.26. The zero-order valence-corrected chi connectivity index (χ0v) is 20.0. The summed E-state index contributed by atoms with van der Waals surface area (Å²) >= 11 is 0. The maximum absolute atomic E-state index is 13.6. The number of piperidine rings is 1. The van der Waals surface area contributed by atoms with Crippen LogP contribution in [0.4, 0.5) is 4.79 Å². The SMILES string of the molecule is COCCN1C(=O)N(Cc2cccnc2)C(=O)C12CCN([C@H](C)CCc1ccc(O)cc1)CC2. The minimum absolute atomic E-state index is 0.103. The number of aromatic hydroxyl groups is 1. The van der Waals surface area contributed by atoms with Crippen molar-refractivity contribution in [2.24, 2.45) is 0 Å². The van der Waals surface area contributed by atoms with Crippen molar-refractivity contribution in [1.82, 2.24) is 19.7 Å². The number of nitrogens with zero attached hydrogens (tertiary/aromatic N) is 4. The van der Waals surface area contributed by atoms with Crippen molar-refractivity contribution < 1.29 is 19.4 Å². The molecule has 4 rings (SSSR count). The number of phenolic OH excluding ortho intramolecular Hbond substituents is 1. The molecule has 2 aliphatic heterocycles. The molecule has 2 aliphatic rings. The van der Waals surface area contributed by atoms with Crippen molar-refractivity contribution in [3.63, 3.8) is 0 Å². The van der Waals surface area contributed by atoms with E-state index < -0.39 is 5.54 Å². The predicted molar refractivity (Wildman–Crippen MR) is 128 cm³/mol. The average molecular weight is 467 g/mol. The molecule has 3 heterocycles. The van der Waals surface area contributed by atoms with Crippen molar-refractivity contribution in [1.29, 1.82) is 0 Å². The van der Waals surface area contributed by atoms with Crippen LogP contribution in [0.1, 0.15) is 37.3 Å². The molecule has 0 bridgehead atoms. The Labute approximate surface area is 201 Å². The number of methoxy groups -OCH3 is 1. The first kappa shape index (κ1) is 24.2. The minimum Gasteiger partial charge on any atom is -0.508 e. The summed E-state index contributed by atoms with van der Waals surface area (Å²) in [4.78, 5) is 36.6. The number of hydrogen-bond acceptors (Lipinski definition) is 6. The normalized spacial score (nSPS) is 19.2. The molecule has 2 saturated heterocycles. The van der Waals surface area contributed by atoms with Crippen molar-refractivity contribution in [3.8, 4) is 5.75 Å². The second-order valence-corrected chi connectivity index (χ2v) is 9.30. The third kappa shape index (κ3) is 4.93. The Morgan fingerprint density at radius 1 is 1.12 bits per heavy atom. The quantitative estimate of drug-likeness (QED) is 0.572. The summed E-state index contributed by atoms with van der Waals surface area (Å²) in [7, 11) is 1.61. The van der Waals surface area contributed by atoms with E-state index >= 15 is 0 Å². The first-order chi connectivity index (χ1) is 16.4. The number of amides is 3. The summed E-state index contributed by atoms with van der Waals surface area (Å²) in [6.45, 7) is 4.79. The van der Waals surface area contributed by atoms with Crippen LogP contribution in [0, 0.1) is 0 Å². The number of urea groups is 1. The number of imide groups is 1. The molecule has 1 N–H and O–H groups in total. The van der Waals surface area contributed by atoms with Gasteiger partial charge in [-0.05, 0) is 61.9 Å². The van der Waals surface area contributed by atoms with Gasteiger partial charge in [0, 0.05) is 45.2 Å². The van der Waals surface area contributed by atoms with Crippen molar-refractivity contribution in [2.45, 2.75) is 50.7 Å². The van der Waals surface area contributed by atoms with Crippen LogP contribution in [0.15, 0.2) is 48.8 Å². The first-order valence-corrected chi connectivity index (χ1v) is 12.0. The monoisotopic (exact) mass is 466 g/mol. The number of benzene rings is 1. The molecule has 1 spiro atoms. The number of aryl methyl sites for hydroxylation is 1. The lowest BCUT2D eigenvalue weighted by Crippen LogP contribution is -2.58. The fraction of sp³-hybridized carbons (Fsp3) is 0.500. The summed E-state index contributed by atoms with van der Waals surface area (Å²) in [5.74, 6) is 0.179. The molecule has 182 valence electrons. The summed E-state index contributed by atoms with van der Waals surface area (Å²) in [6.07, 6.45) is 6.54. The lowest BCUT2D eigenvalue weighted by atomic mass is 9.85. The molecule has 1 aromatic carbocycles. The summed E-state index contributed by atoms with van der Waals surface area (Å²) in [6, 6.07) is 11.2. The van der Waals surface area contributed by atoms with Crippen molar-refractivity contribution >= 4 is 11.9 Å². The highest BCUT2D eigenvalue weighted by Gasteiger charge is 2.57. The van der Waals surface area contributed by atoms with E-state index in [4.69, 9.17) is 4.74 Å². The molecule has 2 aromatic rings. The van der Waals surface area contributed by atoms with Crippen LogP contribution < -0.4 is 0 Å². The number of aromatic nitrogens is 1. The van der Waals surface area contributed by atoms with E-state index in [9.17, 15) is 14.7 Å². The second-order valence-electron chi connectivity index (χ2n) is 9.30. The third-order valence-electron chi connectivity index (χ3n) is 7.24. The molecule has 0 saturated carbocycles. The molecular formula is C26H34N4O4. The van der Waals surface area contributed by atoms with Gasteiger partial charge in [-0.15, -0.1) is 0 Å². The van der Waals surface area contributed by atoms with Gasteiger partial charge in [0.2, 0.25) is 0 Å². The molecule has 1 atom stereocenters. The number of rotatable bonds is 9. The number of phenols is 1. The lowest BCUT2D eigenvalue weighted by Gasteiger charge is -2.44. The van der Waals surface area contributed by atoms with Crippen molar-refractivity contribution in [3.05, 3.63) is 59.9 Å². The Bertz CT molecular complexity index is 974. The Hall–Kier alpha value is -2.97. The van der Waals surface area contributed by atoms with Gasteiger partial charge in [0.25, 0.3) is 5.91 Å². The van der Waals surface area contributed by atoms with Crippen LogP contribution in [-0.2, 0) is 22.5 Å². The van der Waals surface area contributed by atoms with Gasteiger partial charge in [-0.3, -0.25) is 14.7 Å². The summed E-state index contributed by atoms with van der Waals surface area (Å²) in [5.41, 5.74) is 1.24. The van der Waals surface area contributed by atoms with E-state index in [0.717, 1.165) is 31.5 Å². The topological polar surface area (TPSA) is 86.2 Å². The average Bonchev–Trinajstić information content (AvgIpc) is 3.04. The molecule has 1 aromatic heterocycles. The fourth-order valence-corrected chi connectivity index (χ4v) is 5.13. The highest BCUT2D eigenvalue weighted by molar-refractivity contribution is 6.07. The molecule has 0 radical (unpaired) electrons. The highest BCUT2D eigenvalue weighted by atomic mass is 16.5. The number of hydrogen-bond donors (Lipinski definition) is 1. The Balaban J connectivity index is 1.42. The van der Waals surface area contributed by atoms with Gasteiger partial charge in [-0.25, -0.2) is 4.79 Å². The van der Waals surface area contributed by atoms with E-state index in [1.165, 1.54) is 10.5 Å². The maximum Gasteiger partial charge on any atom is 0.328 e. The standard InChI is InChI=1S/C26H34N4O4/c1-20(5-6-21-7-9-23(31)10-8-21)28-14-11-26(12-15-28)24(32)29(19-22-4-3-13-27-18-22)25(33)30(26)16-17-34-2/h3-4,7-10,13,18,20,31H,5-6,11-12,14-17,19H2,1-2H3/t20-/m1/s1. The van der Waals surface area contributed by atoms with Gasteiger partial charge in [-0.1, -0.05) is 18.2 Å². The van der Waals surface area contributed by atoms with Gasteiger partial charge in [-0.2, -0.15) is 0 Å². The molecule has 0 aliphatic carbocycles. The van der Waals surface area contributed by atoms with Gasteiger partial charge < -0.3 is 19.6 Å². The summed E-state index contributed by atoms with van der Waals surface area (Å²) in [5, 5.41) is 9.48. The van der Waals surface area contributed by atoms with Crippen LogP contribution in [0.5, 0.6) is 5.75 Å². The second kappa shape index (κ2) is 10.5. The van der Waals surface area contributed by atoms with Crippen LogP contribution >= 0.6 is 0 Å². The van der Waals surface area contributed by atoms with Crippen LogP contribution in [0.25, 0.3) is 0 Å². The lowest BCUT2D eigenvalue weighted by molar-refractivity contribution is -0.136. The number of ether oxygens (including phenoxy) is 1. The predicted octanol–water partition coefficient (Wildman–Crippen LogP) is 3.05. The number of likely N-dealkylation sites (tertiary alicyclic amines) is 1. The van der Waals surface area contributed by atoms with E-state index in [0.29, 0.717) is 32.0 Å². The molecule has 8 nitrogen and oxygen atoms in total. The molecule has 3 amide bonds. The van der Waals surface area contributed by atoms with Gasteiger partial charge in [0.05, 0.1) is 13.2 Å². The van der Waals surface area contributed by atoms with Crippen LogP contribution in [0.2, 0.25) is 0 Å². The van der Waals surface area contributed by atoms with E-state index in [1.807, 2.05) is 24.3 Å². The number of pyridine rings is 1. The van der Waals surface area contributed by atoms with Gasteiger partial charge in [0.15, 0.2) is 0 Å². The van der Waals surface area contributed by atoms with E-state index in [2.05, 4.69) is 16.8 Å². The van der Waals surface area contributed by atoms with Gasteiger partial charge in [0.1, 0.15) is 11.3 Å². The smallest absolute Gasteiger partial charge is 0.328 e. The first-order valence-electron chi connectivity index (χ1n) is 12.0. The number of carbonyl (C=O) groups excluding carboxylic acids is 2. The molecule has 0 unspecified atom stereocenters. The minimum atomic E-state index is -0.801. The Morgan fingerprint density at radius 3 is 2.50 bits per heavy atom. The Morgan fingerprint density at radius 2 is 1.85 bits per heavy atom. The highest BCUT2D eigenvalue weighted by Crippen LogP contribution is 2.38. The third-order valence-corrected chi connectivity index (χ3v) is 7.24. The number of carbonyl (C=O) groups is 2. The van der Waals surface area contributed by atoms with Gasteiger partial charge >= 0.3 is 6.03 Å².